The van der Waals surface area contributed by atoms with E-state index >= 15 is 0 Å². The molecule has 4 nitrogen and oxygen atoms in total. The molecule has 0 radical (unpaired) electrons. The summed E-state index contributed by atoms with van der Waals surface area (Å²) in [5.41, 5.74) is 4.87. The summed E-state index contributed by atoms with van der Waals surface area (Å²) in [5, 5.41) is 5.77. The zero-order valence-electron chi connectivity index (χ0n) is 5.89. The highest BCUT2D eigenvalue weighted by molar-refractivity contribution is 5.71. The minimum atomic E-state index is -0.431. The summed E-state index contributed by atoms with van der Waals surface area (Å²) in [4.78, 5) is 10.2. The van der Waals surface area contributed by atoms with E-state index in [-0.39, 0.29) is 0 Å². The third-order valence-electron chi connectivity index (χ3n) is 1.72. The largest absolute Gasteiger partial charge is 0.352 e. The van der Waals surface area contributed by atoms with Gasteiger partial charge in [0.25, 0.3) is 0 Å². The monoisotopic (exact) mass is 143 g/mol. The third kappa shape index (κ3) is 2.23. The van der Waals surface area contributed by atoms with E-state index < -0.39 is 6.03 Å². The van der Waals surface area contributed by atoms with E-state index in [9.17, 15) is 4.79 Å². The lowest BCUT2D eigenvalue weighted by molar-refractivity contribution is 0.247. The standard InChI is InChI=1S/C6H13N3O/c7-6(10)9-4-2-5-1-3-8-5/h5,8H,1-4H2,(H3,7,9,10). The predicted molar refractivity (Wildman–Crippen MR) is 38.6 cm³/mol. The topological polar surface area (TPSA) is 67.2 Å². The van der Waals surface area contributed by atoms with E-state index in [0.29, 0.717) is 12.6 Å². The molecule has 0 saturated carbocycles. The minimum absolute atomic E-state index is 0.431. The van der Waals surface area contributed by atoms with E-state index in [2.05, 4.69) is 10.6 Å². The van der Waals surface area contributed by atoms with Crippen molar-refractivity contribution < 1.29 is 4.79 Å². The number of amides is 2. The molecule has 0 aromatic heterocycles. The van der Waals surface area contributed by atoms with Gasteiger partial charge in [-0.05, 0) is 19.4 Å². The maximum absolute atomic E-state index is 10.2. The Morgan fingerprint density at radius 2 is 2.50 bits per heavy atom. The lowest BCUT2D eigenvalue weighted by atomic mass is 10.0. The highest BCUT2D eigenvalue weighted by atomic mass is 16.2. The highest BCUT2D eigenvalue weighted by Crippen LogP contribution is 2.04. The lowest BCUT2D eigenvalue weighted by Gasteiger charge is -2.27. The molecule has 1 unspecified atom stereocenters. The first-order chi connectivity index (χ1) is 4.79. The normalized spacial score (nSPS) is 23.4. The van der Waals surface area contributed by atoms with Gasteiger partial charge in [0, 0.05) is 12.6 Å². The van der Waals surface area contributed by atoms with Crippen LogP contribution in [0.2, 0.25) is 0 Å². The van der Waals surface area contributed by atoms with Gasteiger partial charge in [0.2, 0.25) is 0 Å². The molecule has 4 heteroatoms. The summed E-state index contributed by atoms with van der Waals surface area (Å²) in [6.07, 6.45) is 2.21. The molecule has 1 saturated heterocycles. The predicted octanol–water partition coefficient (Wildman–Crippen LogP) is -0.593. The smallest absolute Gasteiger partial charge is 0.312 e. The zero-order valence-corrected chi connectivity index (χ0v) is 5.89. The van der Waals surface area contributed by atoms with Crippen LogP contribution in [0.1, 0.15) is 12.8 Å². The van der Waals surface area contributed by atoms with Crippen LogP contribution in [0.3, 0.4) is 0 Å². The Labute approximate surface area is 60.2 Å². The van der Waals surface area contributed by atoms with Gasteiger partial charge < -0.3 is 16.4 Å². The average molecular weight is 143 g/mol. The van der Waals surface area contributed by atoms with Crippen molar-refractivity contribution in [2.45, 2.75) is 18.9 Å². The molecule has 0 aliphatic carbocycles. The van der Waals surface area contributed by atoms with Crippen LogP contribution in [0.25, 0.3) is 0 Å². The van der Waals surface area contributed by atoms with Crippen LogP contribution < -0.4 is 16.4 Å². The summed E-state index contributed by atoms with van der Waals surface area (Å²) >= 11 is 0. The van der Waals surface area contributed by atoms with Crippen molar-refractivity contribution in [2.24, 2.45) is 5.73 Å². The molecule has 0 spiro atoms. The second-order valence-electron chi connectivity index (χ2n) is 2.52. The van der Waals surface area contributed by atoms with Crippen molar-refractivity contribution in [3.8, 4) is 0 Å². The van der Waals surface area contributed by atoms with Crippen LogP contribution in [0.5, 0.6) is 0 Å². The van der Waals surface area contributed by atoms with Crippen LogP contribution in [0.15, 0.2) is 0 Å². The van der Waals surface area contributed by atoms with E-state index in [4.69, 9.17) is 5.73 Å². The van der Waals surface area contributed by atoms with E-state index in [1.807, 2.05) is 0 Å². The van der Waals surface area contributed by atoms with Crippen molar-refractivity contribution >= 4 is 6.03 Å². The molecule has 1 atom stereocenters. The summed E-state index contributed by atoms with van der Waals surface area (Å²) in [7, 11) is 0. The SMILES string of the molecule is NC(=O)NCCC1CCN1. The second kappa shape index (κ2) is 3.41. The first-order valence-electron chi connectivity index (χ1n) is 3.56. The van der Waals surface area contributed by atoms with Crippen molar-refractivity contribution in [3.63, 3.8) is 0 Å². The van der Waals surface area contributed by atoms with Crippen LogP contribution >= 0.6 is 0 Å². The number of hydrogen-bond donors (Lipinski definition) is 3. The lowest BCUT2D eigenvalue weighted by Crippen LogP contribution is -2.45. The van der Waals surface area contributed by atoms with Gasteiger partial charge in [0.05, 0.1) is 0 Å². The molecule has 1 aliphatic rings. The van der Waals surface area contributed by atoms with Gasteiger partial charge in [-0.25, -0.2) is 4.79 Å². The van der Waals surface area contributed by atoms with Gasteiger partial charge >= 0.3 is 6.03 Å². The van der Waals surface area contributed by atoms with Gasteiger partial charge in [-0.1, -0.05) is 0 Å². The van der Waals surface area contributed by atoms with E-state index in [0.717, 1.165) is 13.0 Å². The third-order valence-corrected chi connectivity index (χ3v) is 1.72. The molecular weight excluding hydrogens is 130 g/mol. The van der Waals surface area contributed by atoms with Crippen LogP contribution in [-0.2, 0) is 0 Å². The van der Waals surface area contributed by atoms with E-state index in [1.54, 1.807) is 0 Å². The molecule has 2 amide bonds. The van der Waals surface area contributed by atoms with Crippen LogP contribution in [0.4, 0.5) is 4.79 Å². The highest BCUT2D eigenvalue weighted by Gasteiger charge is 2.14. The number of carbonyl (C=O) groups excluding carboxylic acids is 1. The Morgan fingerprint density at radius 1 is 1.80 bits per heavy atom. The fourth-order valence-electron chi connectivity index (χ4n) is 0.964. The minimum Gasteiger partial charge on any atom is -0.352 e. The first-order valence-corrected chi connectivity index (χ1v) is 3.56. The summed E-state index contributed by atoms with van der Waals surface area (Å²) in [6.45, 7) is 1.80. The Kier molecular flexibility index (Phi) is 2.50. The van der Waals surface area contributed by atoms with Gasteiger partial charge in [0.1, 0.15) is 0 Å². The van der Waals surface area contributed by atoms with Gasteiger partial charge in [-0.2, -0.15) is 0 Å². The maximum atomic E-state index is 10.2. The Hall–Kier alpha value is -0.770. The van der Waals surface area contributed by atoms with Gasteiger partial charge in [-0.15, -0.1) is 0 Å². The molecule has 0 aromatic rings. The van der Waals surface area contributed by atoms with Crippen molar-refractivity contribution in [1.29, 1.82) is 0 Å². The quantitative estimate of drug-likeness (QED) is 0.494. The molecule has 1 heterocycles. The molecule has 1 aliphatic heterocycles. The molecule has 4 N–H and O–H groups in total. The number of nitrogens with one attached hydrogen (secondary N) is 2. The summed E-state index contributed by atoms with van der Waals surface area (Å²) < 4.78 is 0. The zero-order chi connectivity index (χ0) is 7.40. The maximum Gasteiger partial charge on any atom is 0.312 e. The fraction of sp³-hybridized carbons (Fsp3) is 0.833. The number of rotatable bonds is 3. The Balaban J connectivity index is 1.89. The van der Waals surface area contributed by atoms with E-state index in [1.165, 1.54) is 6.42 Å². The van der Waals surface area contributed by atoms with Crippen LogP contribution in [-0.4, -0.2) is 25.2 Å². The van der Waals surface area contributed by atoms with Crippen molar-refractivity contribution in [1.82, 2.24) is 10.6 Å². The van der Waals surface area contributed by atoms with Crippen molar-refractivity contribution in [2.75, 3.05) is 13.1 Å². The Bertz CT molecular complexity index is 122. The number of urea groups is 1. The summed E-state index contributed by atoms with van der Waals surface area (Å²) in [5.74, 6) is 0. The molecule has 1 fully saturated rings. The average Bonchev–Trinajstić information content (AvgIpc) is 1.75. The number of primary amides is 1. The number of carbonyl (C=O) groups is 1. The molecule has 10 heavy (non-hydrogen) atoms. The molecule has 0 aromatic carbocycles. The van der Waals surface area contributed by atoms with Crippen LogP contribution in [0, 0.1) is 0 Å². The molecule has 1 rings (SSSR count). The summed E-state index contributed by atoms with van der Waals surface area (Å²) in [6, 6.07) is 0.172. The molecule has 58 valence electrons. The first kappa shape index (κ1) is 7.34. The number of hydrogen-bond acceptors (Lipinski definition) is 2. The van der Waals surface area contributed by atoms with Crippen molar-refractivity contribution in [3.05, 3.63) is 0 Å². The fourth-order valence-corrected chi connectivity index (χ4v) is 0.964. The molecular formula is C6H13N3O. The second-order valence-corrected chi connectivity index (χ2v) is 2.52. The number of nitrogens with two attached hydrogens (primary N) is 1. The van der Waals surface area contributed by atoms with Gasteiger partial charge in [0.15, 0.2) is 0 Å². The molecule has 0 bridgehead atoms. The van der Waals surface area contributed by atoms with Gasteiger partial charge in [-0.3, -0.25) is 0 Å². The Morgan fingerprint density at radius 3 is 2.90 bits per heavy atom.